The molecule has 4 heteroatoms. The molecule has 0 radical (unpaired) electrons. The average Bonchev–Trinajstić information content (AvgIpc) is 2.50. The first-order valence-electron chi connectivity index (χ1n) is 6.33. The lowest BCUT2D eigenvalue weighted by Gasteiger charge is -2.12. The van der Waals surface area contributed by atoms with Crippen LogP contribution in [0.3, 0.4) is 0 Å². The molecule has 3 aromatic rings. The molecule has 0 aliphatic rings. The fraction of sp³-hybridized carbons (Fsp3) is 0. The van der Waals surface area contributed by atoms with E-state index >= 15 is 0 Å². The van der Waals surface area contributed by atoms with Crippen molar-refractivity contribution in [3.63, 3.8) is 0 Å². The van der Waals surface area contributed by atoms with E-state index in [2.05, 4.69) is 27.3 Å². The van der Waals surface area contributed by atoms with Gasteiger partial charge >= 0.3 is 0 Å². The highest BCUT2D eigenvalue weighted by atomic mass is 79.9. The summed E-state index contributed by atoms with van der Waals surface area (Å²) < 4.78 is 0.892. The molecular formula is C17H10BrClN2. The zero-order chi connectivity index (χ0) is 14.8. The fourth-order valence-corrected chi connectivity index (χ4v) is 3.02. The van der Waals surface area contributed by atoms with Crippen LogP contribution in [0, 0.1) is 11.3 Å². The molecular weight excluding hydrogens is 348 g/mol. The summed E-state index contributed by atoms with van der Waals surface area (Å²) in [4.78, 5) is 0. The molecule has 0 aromatic heterocycles. The maximum atomic E-state index is 9.20. The van der Waals surface area contributed by atoms with Gasteiger partial charge in [-0.25, -0.2) is 0 Å². The number of nitrogens with one attached hydrogen (secondary N) is 1. The third-order valence-electron chi connectivity index (χ3n) is 3.24. The summed E-state index contributed by atoms with van der Waals surface area (Å²) in [6, 6.07) is 19.4. The Morgan fingerprint density at radius 3 is 2.38 bits per heavy atom. The third-order valence-corrected chi connectivity index (χ3v) is 4.14. The lowest BCUT2D eigenvalue weighted by atomic mass is 10.0. The number of halogens is 2. The Hall–Kier alpha value is -2.02. The Labute approximate surface area is 136 Å². The molecule has 0 amide bonds. The Bertz CT molecular complexity index is 868. The number of fused-ring (bicyclic) bond motifs is 1. The minimum atomic E-state index is 0.673. The molecule has 1 N–H and O–H groups in total. The normalized spacial score (nSPS) is 10.3. The highest BCUT2D eigenvalue weighted by molar-refractivity contribution is 9.10. The van der Waals surface area contributed by atoms with Crippen LogP contribution in [0.5, 0.6) is 0 Å². The second-order valence-electron chi connectivity index (χ2n) is 4.57. The number of nitriles is 1. The van der Waals surface area contributed by atoms with E-state index in [4.69, 9.17) is 11.6 Å². The minimum Gasteiger partial charge on any atom is -0.354 e. The number of anilines is 2. The summed E-state index contributed by atoms with van der Waals surface area (Å²) in [5.74, 6) is 0. The Morgan fingerprint density at radius 1 is 0.952 bits per heavy atom. The van der Waals surface area contributed by atoms with Crippen molar-refractivity contribution >= 4 is 49.7 Å². The van der Waals surface area contributed by atoms with Gasteiger partial charge in [0.2, 0.25) is 0 Å². The minimum absolute atomic E-state index is 0.673. The SMILES string of the molecule is N#Cc1ccc(Nc2ccc(Cl)cc2Br)c2ccccc12. The number of rotatable bonds is 2. The smallest absolute Gasteiger partial charge is 0.0998 e. The first-order chi connectivity index (χ1) is 10.2. The van der Waals surface area contributed by atoms with Gasteiger partial charge < -0.3 is 5.32 Å². The van der Waals surface area contributed by atoms with Crippen LogP contribution in [-0.2, 0) is 0 Å². The van der Waals surface area contributed by atoms with Crippen molar-refractivity contribution in [3.05, 3.63) is 69.7 Å². The van der Waals surface area contributed by atoms with E-state index in [1.54, 1.807) is 0 Å². The Morgan fingerprint density at radius 2 is 1.67 bits per heavy atom. The lowest BCUT2D eigenvalue weighted by Crippen LogP contribution is -1.93. The van der Waals surface area contributed by atoms with Crippen molar-refractivity contribution in [3.8, 4) is 6.07 Å². The quantitative estimate of drug-likeness (QED) is 0.622. The van der Waals surface area contributed by atoms with E-state index in [1.807, 2.05) is 54.6 Å². The van der Waals surface area contributed by atoms with E-state index in [-0.39, 0.29) is 0 Å². The molecule has 0 saturated carbocycles. The van der Waals surface area contributed by atoms with Gasteiger partial charge in [-0.15, -0.1) is 0 Å². The molecule has 2 nitrogen and oxygen atoms in total. The highest BCUT2D eigenvalue weighted by Gasteiger charge is 2.07. The van der Waals surface area contributed by atoms with Gasteiger partial charge in [0.15, 0.2) is 0 Å². The van der Waals surface area contributed by atoms with Gasteiger partial charge in [-0.2, -0.15) is 5.26 Å². The summed E-state index contributed by atoms with van der Waals surface area (Å²) in [5, 5.41) is 15.2. The van der Waals surface area contributed by atoms with Crippen molar-refractivity contribution in [2.24, 2.45) is 0 Å². The van der Waals surface area contributed by atoms with E-state index in [0.29, 0.717) is 10.6 Å². The zero-order valence-electron chi connectivity index (χ0n) is 10.9. The second kappa shape index (κ2) is 5.77. The maximum Gasteiger partial charge on any atom is 0.0998 e. The van der Waals surface area contributed by atoms with E-state index < -0.39 is 0 Å². The van der Waals surface area contributed by atoms with Crippen LogP contribution in [0.15, 0.2) is 59.1 Å². The fourth-order valence-electron chi connectivity index (χ4n) is 2.24. The van der Waals surface area contributed by atoms with Crippen molar-refractivity contribution in [1.29, 1.82) is 5.26 Å². The summed E-state index contributed by atoms with van der Waals surface area (Å²) >= 11 is 9.46. The molecule has 0 unspecified atom stereocenters. The molecule has 3 rings (SSSR count). The topological polar surface area (TPSA) is 35.8 Å². The van der Waals surface area contributed by atoms with Crippen molar-refractivity contribution < 1.29 is 0 Å². The molecule has 0 heterocycles. The van der Waals surface area contributed by atoms with Gasteiger partial charge in [-0.05, 0) is 46.3 Å². The van der Waals surface area contributed by atoms with Crippen molar-refractivity contribution in [2.75, 3.05) is 5.32 Å². The molecule has 102 valence electrons. The van der Waals surface area contributed by atoms with Crippen LogP contribution in [0.2, 0.25) is 5.02 Å². The summed E-state index contributed by atoms with van der Waals surface area (Å²) in [7, 11) is 0. The molecule has 0 fully saturated rings. The first kappa shape index (κ1) is 13.9. The number of hydrogen-bond donors (Lipinski definition) is 1. The van der Waals surface area contributed by atoms with Crippen LogP contribution >= 0.6 is 27.5 Å². The van der Waals surface area contributed by atoms with Gasteiger partial charge in [0.05, 0.1) is 17.3 Å². The average molecular weight is 358 g/mol. The maximum absolute atomic E-state index is 9.20. The van der Waals surface area contributed by atoms with Crippen LogP contribution in [-0.4, -0.2) is 0 Å². The predicted molar refractivity (Wildman–Crippen MR) is 91.1 cm³/mol. The first-order valence-corrected chi connectivity index (χ1v) is 7.50. The Kier molecular flexibility index (Phi) is 3.83. The molecule has 0 bridgehead atoms. The van der Waals surface area contributed by atoms with Crippen LogP contribution < -0.4 is 5.32 Å². The third kappa shape index (κ3) is 2.73. The number of hydrogen-bond acceptors (Lipinski definition) is 2. The summed E-state index contributed by atoms with van der Waals surface area (Å²) in [6.07, 6.45) is 0. The molecule has 0 spiro atoms. The largest absolute Gasteiger partial charge is 0.354 e. The van der Waals surface area contributed by atoms with Crippen LogP contribution in [0.1, 0.15) is 5.56 Å². The van der Waals surface area contributed by atoms with Gasteiger partial charge in [-0.3, -0.25) is 0 Å². The predicted octanol–water partition coefficient (Wildman–Crippen LogP) is 5.87. The highest BCUT2D eigenvalue weighted by Crippen LogP contribution is 2.32. The standard InChI is InChI=1S/C17H10BrClN2/c18-15-9-12(19)6-8-17(15)21-16-7-5-11(10-20)13-3-1-2-4-14(13)16/h1-9,21H. The second-order valence-corrected chi connectivity index (χ2v) is 5.86. The summed E-state index contributed by atoms with van der Waals surface area (Å²) in [6.45, 7) is 0. The van der Waals surface area contributed by atoms with Gasteiger partial charge in [0.1, 0.15) is 0 Å². The van der Waals surface area contributed by atoms with E-state index in [0.717, 1.165) is 26.6 Å². The Balaban J connectivity index is 2.12. The summed E-state index contributed by atoms with van der Waals surface area (Å²) in [5.41, 5.74) is 2.55. The van der Waals surface area contributed by atoms with Crippen molar-refractivity contribution in [2.45, 2.75) is 0 Å². The van der Waals surface area contributed by atoms with E-state index in [9.17, 15) is 5.26 Å². The zero-order valence-corrected chi connectivity index (χ0v) is 13.2. The van der Waals surface area contributed by atoms with Gasteiger partial charge in [-0.1, -0.05) is 35.9 Å². The molecule has 21 heavy (non-hydrogen) atoms. The van der Waals surface area contributed by atoms with E-state index in [1.165, 1.54) is 0 Å². The molecule has 0 saturated heterocycles. The van der Waals surface area contributed by atoms with Gasteiger partial charge in [0, 0.05) is 26.0 Å². The van der Waals surface area contributed by atoms with Crippen LogP contribution in [0.4, 0.5) is 11.4 Å². The molecule has 0 aliphatic carbocycles. The van der Waals surface area contributed by atoms with Crippen LogP contribution in [0.25, 0.3) is 10.8 Å². The molecule has 0 aliphatic heterocycles. The lowest BCUT2D eigenvalue weighted by molar-refractivity contribution is 1.49. The number of benzene rings is 3. The number of nitrogens with zero attached hydrogens (tertiary/aromatic N) is 1. The van der Waals surface area contributed by atoms with Gasteiger partial charge in [0.25, 0.3) is 0 Å². The molecule has 0 atom stereocenters. The van der Waals surface area contributed by atoms with Crippen molar-refractivity contribution in [1.82, 2.24) is 0 Å². The molecule has 3 aromatic carbocycles. The monoisotopic (exact) mass is 356 g/mol.